The number of urea groups is 1. The number of methoxy groups -OCH3 is 1. The fraction of sp³-hybridized carbons (Fsp3) is 0.136. The number of nitrogens with one attached hydrogen (secondary N) is 3. The number of hydrogen-bond acceptors (Lipinski definition) is 4. The molecule has 1 aliphatic heterocycles. The van der Waals surface area contributed by atoms with Gasteiger partial charge in [-0.2, -0.15) is 5.10 Å². The smallest absolute Gasteiger partial charge is 0.319 e. The molecule has 1 heterocycles. The van der Waals surface area contributed by atoms with Gasteiger partial charge < -0.3 is 15.4 Å². The molecule has 0 fully saturated rings. The zero-order valence-corrected chi connectivity index (χ0v) is 16.2. The summed E-state index contributed by atoms with van der Waals surface area (Å²) in [5.41, 5.74) is 5.17. The van der Waals surface area contributed by atoms with E-state index in [0.717, 1.165) is 11.1 Å². The predicted molar refractivity (Wildman–Crippen MR) is 112 cm³/mol. The second kappa shape index (κ2) is 9.36. The Kier molecular flexibility index (Phi) is 6.42. The van der Waals surface area contributed by atoms with Crippen LogP contribution in [0.3, 0.4) is 0 Å². The molecule has 3 amide bonds. The van der Waals surface area contributed by atoms with Crippen molar-refractivity contribution in [3.63, 3.8) is 0 Å². The maximum absolute atomic E-state index is 12.7. The topological polar surface area (TPSA) is 91.8 Å². The van der Waals surface area contributed by atoms with Crippen molar-refractivity contribution in [3.05, 3.63) is 83.1 Å². The van der Waals surface area contributed by atoms with Gasteiger partial charge in [0.1, 0.15) is 5.75 Å². The molecule has 148 valence electrons. The van der Waals surface area contributed by atoms with Crippen molar-refractivity contribution in [1.29, 1.82) is 0 Å². The van der Waals surface area contributed by atoms with Crippen molar-refractivity contribution in [2.75, 3.05) is 7.11 Å². The van der Waals surface area contributed by atoms with Gasteiger partial charge in [0.2, 0.25) is 0 Å². The lowest BCUT2D eigenvalue weighted by molar-refractivity contribution is -0.117. The number of carbonyl (C=O) groups is 2. The first-order chi connectivity index (χ1) is 14.1. The molecule has 0 saturated carbocycles. The molecular formula is C22H22N4O3. The van der Waals surface area contributed by atoms with E-state index >= 15 is 0 Å². The van der Waals surface area contributed by atoms with Gasteiger partial charge in [-0.15, -0.1) is 0 Å². The molecule has 2 aromatic carbocycles. The molecule has 0 aromatic heterocycles. The lowest BCUT2D eigenvalue weighted by atomic mass is 9.95. The van der Waals surface area contributed by atoms with Crippen molar-refractivity contribution in [3.8, 4) is 5.75 Å². The summed E-state index contributed by atoms with van der Waals surface area (Å²) in [7, 11) is 1.58. The lowest BCUT2D eigenvalue weighted by Crippen LogP contribution is -2.46. The molecule has 0 unspecified atom stereocenters. The zero-order valence-electron chi connectivity index (χ0n) is 16.2. The van der Waals surface area contributed by atoms with Gasteiger partial charge in [0, 0.05) is 11.9 Å². The van der Waals surface area contributed by atoms with E-state index in [1.807, 2.05) is 48.5 Å². The Morgan fingerprint density at radius 3 is 2.55 bits per heavy atom. The first-order valence-electron chi connectivity index (χ1n) is 9.06. The highest BCUT2D eigenvalue weighted by Crippen LogP contribution is 2.28. The quantitative estimate of drug-likeness (QED) is 0.523. The number of nitrogens with zero attached hydrogens (tertiary/aromatic N) is 1. The highest BCUT2D eigenvalue weighted by molar-refractivity contribution is 5.98. The summed E-state index contributed by atoms with van der Waals surface area (Å²) in [6, 6.07) is 16.0. The fourth-order valence-electron chi connectivity index (χ4n) is 2.96. The minimum Gasteiger partial charge on any atom is -0.497 e. The molecule has 1 aliphatic rings. The molecule has 7 nitrogen and oxygen atoms in total. The monoisotopic (exact) mass is 390 g/mol. The van der Waals surface area contributed by atoms with E-state index in [1.54, 1.807) is 32.2 Å². The zero-order chi connectivity index (χ0) is 20.6. The normalized spacial score (nSPS) is 16.6. The van der Waals surface area contributed by atoms with Gasteiger partial charge in [0.15, 0.2) is 0 Å². The Morgan fingerprint density at radius 2 is 1.86 bits per heavy atom. The van der Waals surface area contributed by atoms with Crippen molar-refractivity contribution < 1.29 is 14.3 Å². The van der Waals surface area contributed by atoms with Crippen LogP contribution in [0.4, 0.5) is 4.79 Å². The van der Waals surface area contributed by atoms with E-state index in [-0.39, 0.29) is 6.03 Å². The first-order valence-corrected chi connectivity index (χ1v) is 9.06. The van der Waals surface area contributed by atoms with E-state index < -0.39 is 11.9 Å². The molecule has 7 heteroatoms. The molecule has 0 radical (unpaired) electrons. The van der Waals surface area contributed by atoms with Crippen LogP contribution in [0.25, 0.3) is 6.08 Å². The van der Waals surface area contributed by atoms with Gasteiger partial charge in [-0.1, -0.05) is 48.5 Å². The van der Waals surface area contributed by atoms with E-state index in [4.69, 9.17) is 4.74 Å². The third kappa shape index (κ3) is 5.10. The van der Waals surface area contributed by atoms with Crippen LogP contribution in [0.5, 0.6) is 5.75 Å². The first kappa shape index (κ1) is 19.9. The second-order valence-electron chi connectivity index (χ2n) is 6.33. The van der Waals surface area contributed by atoms with Crippen LogP contribution in [-0.2, 0) is 4.79 Å². The van der Waals surface area contributed by atoms with Gasteiger partial charge >= 0.3 is 6.03 Å². The molecule has 0 bridgehead atoms. The number of amides is 3. The second-order valence-corrected chi connectivity index (χ2v) is 6.33. The van der Waals surface area contributed by atoms with Crippen molar-refractivity contribution in [2.24, 2.45) is 5.10 Å². The third-order valence-corrected chi connectivity index (χ3v) is 4.38. The minimum absolute atomic E-state index is 0.367. The number of benzene rings is 2. The number of rotatable bonds is 6. The average molecular weight is 390 g/mol. The molecule has 1 atom stereocenters. The molecule has 2 aromatic rings. The number of hydrogen-bond donors (Lipinski definition) is 3. The van der Waals surface area contributed by atoms with Crippen molar-refractivity contribution >= 4 is 24.2 Å². The summed E-state index contributed by atoms with van der Waals surface area (Å²) < 4.78 is 5.16. The molecule has 3 N–H and O–H groups in total. The highest BCUT2D eigenvalue weighted by atomic mass is 16.5. The summed E-state index contributed by atoms with van der Waals surface area (Å²) in [5.74, 6) is 0.288. The van der Waals surface area contributed by atoms with Crippen molar-refractivity contribution in [2.45, 2.75) is 13.0 Å². The highest BCUT2D eigenvalue weighted by Gasteiger charge is 2.31. The molecule has 0 saturated heterocycles. The van der Waals surface area contributed by atoms with Crippen LogP contribution in [0, 0.1) is 0 Å². The maximum Gasteiger partial charge on any atom is 0.319 e. The van der Waals surface area contributed by atoms with Crippen LogP contribution in [0.1, 0.15) is 24.1 Å². The summed E-state index contributed by atoms with van der Waals surface area (Å²) in [6.45, 7) is 1.68. The standard InChI is InChI=1S/C22H22N4O3/c1-15-19(21(27)26-23-14-6-9-16-7-4-3-5-8-16)20(25-22(28)24-15)17-10-12-18(29-2)13-11-17/h3-14,20H,1-2H3,(H,26,27)(H2,24,25,28)/b9-6-,23-14?/t20-/m1/s1. The predicted octanol–water partition coefficient (Wildman–Crippen LogP) is 3.14. The van der Waals surface area contributed by atoms with Crippen LogP contribution >= 0.6 is 0 Å². The Morgan fingerprint density at radius 1 is 1.14 bits per heavy atom. The average Bonchev–Trinajstić information content (AvgIpc) is 2.73. The SMILES string of the molecule is COc1ccc([C@H]2NC(=O)NC(C)=C2C(=O)NN=C/C=C\c2ccccc2)cc1. The van der Waals surface area contributed by atoms with Gasteiger partial charge in [-0.25, -0.2) is 10.2 Å². The molecule has 0 spiro atoms. The van der Waals surface area contributed by atoms with Gasteiger partial charge in [0.05, 0.1) is 18.7 Å². The Labute approximate surface area is 169 Å². The van der Waals surface area contributed by atoms with Crippen molar-refractivity contribution in [1.82, 2.24) is 16.1 Å². The van der Waals surface area contributed by atoms with E-state index in [0.29, 0.717) is 17.0 Å². The Balaban J connectivity index is 1.73. The van der Waals surface area contributed by atoms with Crippen LogP contribution in [-0.4, -0.2) is 25.3 Å². The largest absolute Gasteiger partial charge is 0.497 e. The van der Waals surface area contributed by atoms with Gasteiger partial charge in [0.25, 0.3) is 5.91 Å². The molecule has 3 rings (SSSR count). The Bertz CT molecular complexity index is 963. The van der Waals surface area contributed by atoms with Crippen LogP contribution < -0.4 is 20.8 Å². The van der Waals surface area contributed by atoms with E-state index in [1.165, 1.54) is 6.21 Å². The lowest BCUT2D eigenvalue weighted by Gasteiger charge is -2.28. The maximum atomic E-state index is 12.7. The fourth-order valence-corrected chi connectivity index (χ4v) is 2.96. The third-order valence-electron chi connectivity index (χ3n) is 4.38. The minimum atomic E-state index is -0.593. The summed E-state index contributed by atoms with van der Waals surface area (Å²) in [4.78, 5) is 24.7. The van der Waals surface area contributed by atoms with Gasteiger partial charge in [-0.3, -0.25) is 4.79 Å². The Hall–Kier alpha value is -3.87. The summed E-state index contributed by atoms with van der Waals surface area (Å²) >= 11 is 0. The number of ether oxygens (including phenoxy) is 1. The van der Waals surface area contributed by atoms with E-state index in [9.17, 15) is 9.59 Å². The summed E-state index contributed by atoms with van der Waals surface area (Å²) in [5, 5.41) is 9.38. The summed E-state index contributed by atoms with van der Waals surface area (Å²) in [6.07, 6.45) is 5.11. The molecule has 29 heavy (non-hydrogen) atoms. The molecule has 0 aliphatic carbocycles. The number of hydrazone groups is 1. The number of allylic oxidation sites excluding steroid dienone is 2. The van der Waals surface area contributed by atoms with Crippen LogP contribution in [0.15, 0.2) is 77.0 Å². The van der Waals surface area contributed by atoms with E-state index in [2.05, 4.69) is 21.2 Å². The number of carbonyl (C=O) groups excluding carboxylic acids is 2. The van der Waals surface area contributed by atoms with Crippen LogP contribution in [0.2, 0.25) is 0 Å². The van der Waals surface area contributed by atoms with Gasteiger partial charge in [-0.05, 0) is 36.3 Å². The molecular weight excluding hydrogens is 368 g/mol.